The Morgan fingerprint density at radius 1 is 1.21 bits per heavy atom. The van der Waals surface area contributed by atoms with Gasteiger partial charge in [-0.25, -0.2) is 13.4 Å². The maximum Gasteiger partial charge on any atom is 0.244 e. The number of sulfonamides is 1. The standard InChI is InChI=1S/C15H22N6O2S/c1-19-9-11-21(12-10-19)24(22,23)14-3-4-15(17-13-14)16-6-8-20-7-2-5-18-20/h2-5,7,13H,6,8-12H2,1H3,(H,16,17). The average molecular weight is 350 g/mol. The van der Waals surface area contributed by atoms with Crippen molar-refractivity contribution in [3.63, 3.8) is 0 Å². The topological polar surface area (TPSA) is 83.4 Å². The molecular formula is C15H22N6O2S. The Morgan fingerprint density at radius 2 is 2.00 bits per heavy atom. The third-order valence-electron chi connectivity index (χ3n) is 4.04. The van der Waals surface area contributed by atoms with Crippen molar-refractivity contribution in [2.75, 3.05) is 45.1 Å². The molecule has 3 rings (SSSR count). The van der Waals surface area contributed by atoms with Crippen LogP contribution in [0.15, 0.2) is 41.7 Å². The van der Waals surface area contributed by atoms with Gasteiger partial charge in [-0.2, -0.15) is 9.40 Å². The van der Waals surface area contributed by atoms with Crippen LogP contribution in [-0.4, -0.2) is 72.2 Å². The molecule has 2 aromatic rings. The number of anilines is 1. The van der Waals surface area contributed by atoms with Gasteiger partial charge in [-0.05, 0) is 25.2 Å². The highest BCUT2D eigenvalue weighted by Gasteiger charge is 2.27. The van der Waals surface area contributed by atoms with E-state index in [-0.39, 0.29) is 4.90 Å². The molecule has 24 heavy (non-hydrogen) atoms. The summed E-state index contributed by atoms with van der Waals surface area (Å²) >= 11 is 0. The summed E-state index contributed by atoms with van der Waals surface area (Å²) in [5, 5.41) is 7.28. The molecule has 0 spiro atoms. The number of likely N-dealkylation sites (N-methyl/N-ethyl adjacent to an activating group) is 1. The molecule has 0 amide bonds. The Morgan fingerprint density at radius 3 is 2.62 bits per heavy atom. The fourth-order valence-corrected chi connectivity index (χ4v) is 3.91. The van der Waals surface area contributed by atoms with E-state index >= 15 is 0 Å². The molecule has 2 aromatic heterocycles. The van der Waals surface area contributed by atoms with Gasteiger partial charge in [0, 0.05) is 51.3 Å². The van der Waals surface area contributed by atoms with Gasteiger partial charge in [0.05, 0.1) is 6.54 Å². The van der Waals surface area contributed by atoms with Gasteiger partial charge in [0.15, 0.2) is 0 Å². The van der Waals surface area contributed by atoms with Crippen LogP contribution in [0.25, 0.3) is 0 Å². The molecule has 1 fully saturated rings. The number of nitrogens with one attached hydrogen (secondary N) is 1. The Bertz CT molecular complexity index is 737. The summed E-state index contributed by atoms with van der Waals surface area (Å²) in [5.74, 6) is 0.652. The number of rotatable bonds is 6. The molecule has 0 bridgehead atoms. The van der Waals surface area contributed by atoms with Crippen LogP contribution in [0.1, 0.15) is 0 Å². The predicted octanol–water partition coefficient (Wildman–Crippen LogP) is 0.326. The predicted molar refractivity (Wildman–Crippen MR) is 91.2 cm³/mol. The lowest BCUT2D eigenvalue weighted by Gasteiger charge is -2.31. The van der Waals surface area contributed by atoms with E-state index in [4.69, 9.17) is 0 Å². The first-order chi connectivity index (χ1) is 11.6. The van der Waals surface area contributed by atoms with E-state index in [0.717, 1.165) is 19.6 Å². The van der Waals surface area contributed by atoms with Crippen molar-refractivity contribution in [1.29, 1.82) is 0 Å². The van der Waals surface area contributed by atoms with E-state index in [0.29, 0.717) is 25.5 Å². The average Bonchev–Trinajstić information content (AvgIpc) is 3.09. The summed E-state index contributed by atoms with van der Waals surface area (Å²) in [6.45, 7) is 3.92. The first kappa shape index (κ1) is 16.9. The molecule has 1 aliphatic heterocycles. The number of nitrogens with zero attached hydrogens (tertiary/aromatic N) is 5. The van der Waals surface area contributed by atoms with Crippen LogP contribution in [-0.2, 0) is 16.6 Å². The largest absolute Gasteiger partial charge is 0.368 e. The monoisotopic (exact) mass is 350 g/mol. The summed E-state index contributed by atoms with van der Waals surface area (Å²) in [7, 11) is -1.46. The summed E-state index contributed by atoms with van der Waals surface area (Å²) in [4.78, 5) is 6.58. The highest BCUT2D eigenvalue weighted by molar-refractivity contribution is 7.89. The molecule has 0 aliphatic carbocycles. The molecule has 0 aromatic carbocycles. The Hall–Kier alpha value is -1.97. The van der Waals surface area contributed by atoms with Crippen LogP contribution < -0.4 is 5.32 Å². The van der Waals surface area contributed by atoms with E-state index in [2.05, 4.69) is 20.3 Å². The maximum atomic E-state index is 12.6. The molecule has 130 valence electrons. The molecule has 1 aliphatic rings. The molecule has 1 N–H and O–H groups in total. The minimum absolute atomic E-state index is 0.240. The molecule has 3 heterocycles. The first-order valence-electron chi connectivity index (χ1n) is 7.92. The SMILES string of the molecule is CN1CCN(S(=O)(=O)c2ccc(NCCn3cccn3)nc2)CC1. The molecule has 0 atom stereocenters. The third-order valence-corrected chi connectivity index (χ3v) is 5.92. The fraction of sp³-hybridized carbons (Fsp3) is 0.467. The molecular weight excluding hydrogens is 328 g/mol. The maximum absolute atomic E-state index is 12.6. The number of hydrogen-bond acceptors (Lipinski definition) is 6. The van der Waals surface area contributed by atoms with Gasteiger partial charge < -0.3 is 10.2 Å². The van der Waals surface area contributed by atoms with Crippen LogP contribution in [0.4, 0.5) is 5.82 Å². The molecule has 0 saturated carbocycles. The van der Waals surface area contributed by atoms with Crippen molar-refractivity contribution < 1.29 is 8.42 Å². The van der Waals surface area contributed by atoms with E-state index in [1.807, 2.05) is 24.0 Å². The van der Waals surface area contributed by atoms with Crippen LogP contribution in [0.5, 0.6) is 0 Å². The fourth-order valence-electron chi connectivity index (χ4n) is 2.55. The van der Waals surface area contributed by atoms with E-state index < -0.39 is 10.0 Å². The van der Waals surface area contributed by atoms with E-state index in [9.17, 15) is 8.42 Å². The van der Waals surface area contributed by atoms with Gasteiger partial charge in [-0.15, -0.1) is 0 Å². The molecule has 0 radical (unpaired) electrons. The van der Waals surface area contributed by atoms with Gasteiger partial charge in [-0.1, -0.05) is 0 Å². The van der Waals surface area contributed by atoms with Crippen molar-refractivity contribution in [3.8, 4) is 0 Å². The molecule has 8 nitrogen and oxygen atoms in total. The lowest BCUT2D eigenvalue weighted by atomic mass is 10.4. The minimum Gasteiger partial charge on any atom is -0.368 e. The number of hydrogen-bond donors (Lipinski definition) is 1. The molecule has 9 heteroatoms. The minimum atomic E-state index is -3.46. The highest BCUT2D eigenvalue weighted by Crippen LogP contribution is 2.17. The quantitative estimate of drug-likeness (QED) is 0.808. The summed E-state index contributed by atoms with van der Waals surface area (Å²) in [6.07, 6.45) is 5.04. The van der Waals surface area contributed by atoms with Crippen molar-refractivity contribution in [3.05, 3.63) is 36.8 Å². The van der Waals surface area contributed by atoms with E-state index in [1.54, 1.807) is 18.3 Å². The zero-order valence-electron chi connectivity index (χ0n) is 13.7. The van der Waals surface area contributed by atoms with Crippen LogP contribution in [0.3, 0.4) is 0 Å². The Labute approximate surface area is 142 Å². The molecule has 0 unspecified atom stereocenters. The van der Waals surface area contributed by atoms with Gasteiger partial charge in [-0.3, -0.25) is 4.68 Å². The lowest BCUT2D eigenvalue weighted by molar-refractivity contribution is 0.222. The molecule has 1 saturated heterocycles. The van der Waals surface area contributed by atoms with Crippen LogP contribution in [0, 0.1) is 0 Å². The van der Waals surface area contributed by atoms with Gasteiger partial charge in [0.1, 0.15) is 10.7 Å². The number of pyridine rings is 1. The first-order valence-corrected chi connectivity index (χ1v) is 9.36. The normalized spacial score (nSPS) is 17.0. The lowest BCUT2D eigenvalue weighted by Crippen LogP contribution is -2.47. The zero-order chi connectivity index (χ0) is 17.0. The third kappa shape index (κ3) is 3.92. The Kier molecular flexibility index (Phi) is 5.12. The smallest absolute Gasteiger partial charge is 0.244 e. The number of piperazine rings is 1. The van der Waals surface area contributed by atoms with Gasteiger partial charge in [0.2, 0.25) is 10.0 Å². The van der Waals surface area contributed by atoms with Crippen molar-refractivity contribution in [2.45, 2.75) is 11.4 Å². The zero-order valence-corrected chi connectivity index (χ0v) is 14.5. The second-order valence-corrected chi connectivity index (χ2v) is 7.72. The Balaban J connectivity index is 1.59. The second kappa shape index (κ2) is 7.29. The highest BCUT2D eigenvalue weighted by atomic mass is 32.2. The second-order valence-electron chi connectivity index (χ2n) is 5.78. The van der Waals surface area contributed by atoms with Crippen LogP contribution in [0.2, 0.25) is 0 Å². The summed E-state index contributed by atoms with van der Waals surface area (Å²) in [6, 6.07) is 5.18. The van der Waals surface area contributed by atoms with Crippen molar-refractivity contribution in [2.24, 2.45) is 0 Å². The van der Waals surface area contributed by atoms with E-state index in [1.165, 1.54) is 10.5 Å². The summed E-state index contributed by atoms with van der Waals surface area (Å²) in [5.41, 5.74) is 0. The van der Waals surface area contributed by atoms with Crippen LogP contribution >= 0.6 is 0 Å². The summed E-state index contributed by atoms with van der Waals surface area (Å²) < 4.78 is 28.6. The van der Waals surface area contributed by atoms with Crippen molar-refractivity contribution >= 4 is 15.8 Å². The van der Waals surface area contributed by atoms with Crippen molar-refractivity contribution in [1.82, 2.24) is 24.0 Å². The van der Waals surface area contributed by atoms with Gasteiger partial charge >= 0.3 is 0 Å². The van der Waals surface area contributed by atoms with Gasteiger partial charge in [0.25, 0.3) is 0 Å². The number of aromatic nitrogens is 3.